The van der Waals surface area contributed by atoms with E-state index in [9.17, 15) is 4.79 Å². The number of fused-ring (bicyclic) bond motifs is 1. The van der Waals surface area contributed by atoms with E-state index in [1.165, 1.54) is 29.2 Å². The lowest BCUT2D eigenvalue weighted by atomic mass is 9.72. The van der Waals surface area contributed by atoms with Gasteiger partial charge in [-0.25, -0.2) is 0 Å². The minimum absolute atomic E-state index is 0.234. The lowest BCUT2D eigenvalue weighted by Gasteiger charge is -2.37. The first kappa shape index (κ1) is 23.0. The molecule has 1 aliphatic heterocycles. The smallest absolute Gasteiger partial charge is 0.195 e. The van der Waals surface area contributed by atoms with Crippen molar-refractivity contribution in [2.45, 2.75) is 71.9 Å². The number of ether oxygens (including phenoxy) is 1. The minimum Gasteiger partial charge on any atom is -0.490 e. The number of carbonyl (C=O) groups excluding carboxylic acids is 1. The molecule has 0 radical (unpaired) electrons. The monoisotopic (exact) mass is 533 g/mol. The predicted molar refractivity (Wildman–Crippen MR) is 137 cm³/mol. The van der Waals surface area contributed by atoms with Gasteiger partial charge in [0, 0.05) is 18.0 Å². The van der Waals surface area contributed by atoms with Gasteiger partial charge in [0.1, 0.15) is 5.75 Å². The van der Waals surface area contributed by atoms with E-state index < -0.39 is 0 Å². The van der Waals surface area contributed by atoms with Crippen LogP contribution in [0.4, 0.5) is 0 Å². The highest BCUT2D eigenvalue weighted by Gasteiger charge is 2.31. The van der Waals surface area contributed by atoms with Gasteiger partial charge in [0.25, 0.3) is 0 Å². The molecular formula is C27H36INO2. The summed E-state index contributed by atoms with van der Waals surface area (Å²) in [5.41, 5.74) is 1.71. The molecule has 0 spiro atoms. The molecule has 2 aromatic carbocycles. The number of hydrogen-bond acceptors (Lipinski definition) is 3. The fourth-order valence-electron chi connectivity index (χ4n) is 5.36. The highest BCUT2D eigenvalue weighted by molar-refractivity contribution is 14.1. The summed E-state index contributed by atoms with van der Waals surface area (Å²) in [7, 11) is 0. The van der Waals surface area contributed by atoms with Gasteiger partial charge in [-0.1, -0.05) is 51.1 Å². The molecule has 0 atom stereocenters. The first-order valence-corrected chi connectivity index (χ1v) is 13.0. The highest BCUT2D eigenvalue weighted by atomic mass is 127. The Morgan fingerprint density at radius 2 is 1.68 bits per heavy atom. The van der Waals surface area contributed by atoms with E-state index in [0.29, 0.717) is 15.3 Å². The molecule has 1 aliphatic carbocycles. The van der Waals surface area contributed by atoms with Crippen LogP contribution < -0.4 is 4.74 Å². The number of nitrogens with zero attached hydrogens (tertiary/aromatic N) is 1. The third-order valence-electron chi connectivity index (χ3n) is 7.48. The number of carbonyl (C=O) groups is 1. The summed E-state index contributed by atoms with van der Waals surface area (Å²) in [6.07, 6.45) is 7.08. The summed E-state index contributed by atoms with van der Waals surface area (Å²) in [6.45, 7) is 9.98. The summed E-state index contributed by atoms with van der Waals surface area (Å²) in [5.74, 6) is 2.09. The van der Waals surface area contributed by atoms with Gasteiger partial charge >= 0.3 is 0 Å². The number of hydrogen-bond donors (Lipinski definition) is 0. The Balaban J connectivity index is 1.51. The van der Waals surface area contributed by atoms with Gasteiger partial charge in [-0.15, -0.1) is 0 Å². The van der Waals surface area contributed by atoms with E-state index in [1.54, 1.807) is 0 Å². The molecule has 1 saturated heterocycles. The van der Waals surface area contributed by atoms with E-state index in [0.717, 1.165) is 57.0 Å². The fourth-order valence-corrected chi connectivity index (χ4v) is 5.98. The normalized spacial score (nSPS) is 23.7. The van der Waals surface area contributed by atoms with Gasteiger partial charge in [0.15, 0.2) is 3.79 Å². The van der Waals surface area contributed by atoms with E-state index in [4.69, 9.17) is 4.74 Å². The van der Waals surface area contributed by atoms with Gasteiger partial charge < -0.3 is 4.74 Å². The molecule has 1 heterocycles. The Morgan fingerprint density at radius 3 is 2.32 bits per heavy atom. The second-order valence-electron chi connectivity index (χ2n) is 10.6. The van der Waals surface area contributed by atoms with Gasteiger partial charge in [-0.2, -0.15) is 0 Å². The van der Waals surface area contributed by atoms with Crippen molar-refractivity contribution < 1.29 is 9.53 Å². The Kier molecular flexibility index (Phi) is 7.27. The average molecular weight is 533 g/mol. The quantitative estimate of drug-likeness (QED) is 0.306. The third kappa shape index (κ3) is 5.62. The van der Waals surface area contributed by atoms with Crippen LogP contribution >= 0.6 is 22.6 Å². The molecule has 3 nitrogen and oxygen atoms in total. The molecule has 0 aromatic heterocycles. The molecule has 2 aromatic rings. The van der Waals surface area contributed by atoms with Crippen molar-refractivity contribution in [3.05, 3.63) is 42.0 Å². The molecule has 168 valence electrons. The average Bonchev–Trinajstić information content (AvgIpc) is 2.75. The maximum absolute atomic E-state index is 11.7. The summed E-state index contributed by atoms with van der Waals surface area (Å²) in [6, 6.07) is 13.1. The molecule has 31 heavy (non-hydrogen) atoms. The molecule has 2 aliphatic rings. The molecule has 2 fully saturated rings. The van der Waals surface area contributed by atoms with Crippen LogP contribution in [0.1, 0.15) is 64.9 Å². The molecule has 0 amide bonds. The number of benzene rings is 2. The van der Waals surface area contributed by atoms with E-state index >= 15 is 0 Å². The predicted octanol–water partition coefficient (Wildman–Crippen LogP) is 7.00. The van der Waals surface area contributed by atoms with Crippen LogP contribution in [0, 0.1) is 17.3 Å². The number of likely N-dealkylation sites (tertiary alicyclic amines) is 1. The topological polar surface area (TPSA) is 29.5 Å². The van der Waals surface area contributed by atoms with Crippen LogP contribution in [0.3, 0.4) is 0 Å². The number of rotatable bonds is 5. The first-order chi connectivity index (χ1) is 14.8. The van der Waals surface area contributed by atoms with Crippen LogP contribution in [0.25, 0.3) is 10.8 Å². The second kappa shape index (κ2) is 9.78. The number of piperidine rings is 1. The van der Waals surface area contributed by atoms with Crippen LogP contribution in [0.5, 0.6) is 5.75 Å². The lowest BCUT2D eigenvalue weighted by Crippen LogP contribution is -2.35. The Hall–Kier alpha value is -1.14. The largest absolute Gasteiger partial charge is 0.490 e. The van der Waals surface area contributed by atoms with Crippen LogP contribution in [-0.2, 0) is 11.3 Å². The molecule has 4 heteroatoms. The summed E-state index contributed by atoms with van der Waals surface area (Å²) < 4.78 is 6.99. The van der Waals surface area contributed by atoms with Crippen LogP contribution in [0.15, 0.2) is 36.4 Å². The molecule has 0 unspecified atom stereocenters. The van der Waals surface area contributed by atoms with Crippen molar-refractivity contribution in [3.63, 3.8) is 0 Å². The molecule has 4 rings (SSSR count). The van der Waals surface area contributed by atoms with Gasteiger partial charge in [-0.3, -0.25) is 9.69 Å². The van der Waals surface area contributed by atoms with Gasteiger partial charge in [-0.05, 0) is 102 Å². The highest BCUT2D eigenvalue weighted by Crippen LogP contribution is 2.40. The minimum atomic E-state index is 0.234. The zero-order valence-corrected chi connectivity index (χ0v) is 21.4. The van der Waals surface area contributed by atoms with Gasteiger partial charge in [0.2, 0.25) is 0 Å². The van der Waals surface area contributed by atoms with Crippen molar-refractivity contribution in [1.29, 1.82) is 0 Å². The fraction of sp³-hybridized carbons (Fsp3) is 0.593. The summed E-state index contributed by atoms with van der Waals surface area (Å²) in [4.78, 5) is 14.2. The van der Waals surface area contributed by atoms with Crippen molar-refractivity contribution >= 4 is 37.2 Å². The summed E-state index contributed by atoms with van der Waals surface area (Å²) >= 11 is 1.97. The van der Waals surface area contributed by atoms with Crippen LogP contribution in [0.2, 0.25) is 0 Å². The zero-order valence-electron chi connectivity index (χ0n) is 19.2. The lowest BCUT2D eigenvalue weighted by molar-refractivity contribution is -0.114. The van der Waals surface area contributed by atoms with Gasteiger partial charge in [0.05, 0.1) is 6.10 Å². The molecule has 0 bridgehead atoms. The van der Waals surface area contributed by atoms with Crippen molar-refractivity contribution in [2.75, 3.05) is 13.1 Å². The SMILES string of the molecule is CC(C)(C)C1CCC(Oc2ccc3ccccc3c2CN2CCC(C(=O)I)CC2)CC1. The molecular weight excluding hydrogens is 497 g/mol. The molecule has 1 saturated carbocycles. The third-order valence-corrected chi connectivity index (χ3v) is 8.36. The van der Waals surface area contributed by atoms with E-state index in [1.807, 2.05) is 22.6 Å². The van der Waals surface area contributed by atoms with Crippen LogP contribution in [-0.4, -0.2) is 27.9 Å². The van der Waals surface area contributed by atoms with Crippen molar-refractivity contribution in [2.24, 2.45) is 17.3 Å². The maximum Gasteiger partial charge on any atom is 0.195 e. The number of halogens is 1. The zero-order chi connectivity index (χ0) is 22.0. The maximum atomic E-state index is 11.7. The van der Waals surface area contributed by atoms with E-state index in [2.05, 4.69) is 62.1 Å². The Morgan fingerprint density at radius 1 is 1.00 bits per heavy atom. The summed E-state index contributed by atoms with van der Waals surface area (Å²) in [5, 5.41) is 2.58. The molecule has 0 N–H and O–H groups in total. The second-order valence-corrected chi connectivity index (χ2v) is 11.6. The standard InChI is InChI=1S/C27H36INO2/c1-27(2,3)21-9-11-22(12-10-21)31-25-13-8-19-6-4-5-7-23(19)24(25)18-29-16-14-20(15-17-29)26(28)30/h4-8,13,20-22H,9-12,14-18H2,1-3H3. The van der Waals surface area contributed by atoms with Crippen molar-refractivity contribution in [1.82, 2.24) is 4.90 Å². The Labute approximate surface area is 201 Å². The van der Waals surface area contributed by atoms with E-state index in [-0.39, 0.29) is 5.92 Å². The first-order valence-electron chi connectivity index (χ1n) is 11.9. The Bertz CT molecular complexity index is 903. The van der Waals surface area contributed by atoms with Crippen molar-refractivity contribution in [3.8, 4) is 5.75 Å².